The quantitative estimate of drug-likeness (QED) is 0.0509. The fourth-order valence-electron chi connectivity index (χ4n) is 6.66. The lowest BCUT2D eigenvalue weighted by Crippen LogP contribution is -2.21. The molecule has 0 aromatic rings. The molecule has 0 aromatic carbocycles. The van der Waals surface area contributed by atoms with E-state index in [0.29, 0.717) is 5.41 Å². The van der Waals surface area contributed by atoms with Gasteiger partial charge in [-0.1, -0.05) is 199 Å². The molecule has 0 aromatic heterocycles. The molecule has 0 radical (unpaired) electrons. The summed E-state index contributed by atoms with van der Waals surface area (Å²) < 4.78 is 0. The SMILES string of the molecule is CCCCCCCCCCCCCCCCP(Cl)CCCCCCCCCC(CCCC)(CCCC)CCCC. The van der Waals surface area contributed by atoms with Gasteiger partial charge < -0.3 is 0 Å². The Balaban J connectivity index is 3.60. The van der Waals surface area contributed by atoms with Crippen molar-refractivity contribution in [1.82, 2.24) is 0 Å². The molecule has 1 unspecified atom stereocenters. The van der Waals surface area contributed by atoms with Crippen LogP contribution in [0, 0.1) is 5.41 Å². The van der Waals surface area contributed by atoms with E-state index in [9.17, 15) is 0 Å². The lowest BCUT2D eigenvalue weighted by atomic mass is 9.71. The first kappa shape index (κ1) is 40.7. The third-order valence-corrected chi connectivity index (χ3v) is 12.2. The van der Waals surface area contributed by atoms with Crippen LogP contribution in [0.15, 0.2) is 0 Å². The van der Waals surface area contributed by atoms with Crippen LogP contribution >= 0.6 is 18.5 Å². The molecule has 2 heteroatoms. The highest BCUT2D eigenvalue weighted by atomic mass is 35.7. The average Bonchev–Trinajstić information content (AvgIpc) is 2.96. The molecule has 0 fully saturated rings. The molecule has 0 rings (SSSR count). The average molecular weight is 601 g/mol. The summed E-state index contributed by atoms with van der Waals surface area (Å²) in [5, 5.41) is 0. The summed E-state index contributed by atoms with van der Waals surface area (Å²) in [5.74, 6) is 0. The fraction of sp³-hybridized carbons (Fsp3) is 1.00. The maximum atomic E-state index is 6.73. The van der Waals surface area contributed by atoms with Gasteiger partial charge in [0, 0.05) is 0 Å². The van der Waals surface area contributed by atoms with Gasteiger partial charge in [0.15, 0.2) is 0 Å². The van der Waals surface area contributed by atoms with Gasteiger partial charge in [0.05, 0.1) is 0 Å². The third kappa shape index (κ3) is 27.5. The molecular formula is C38H78ClP. The van der Waals surface area contributed by atoms with E-state index >= 15 is 0 Å². The van der Waals surface area contributed by atoms with Crippen LogP contribution in [0.5, 0.6) is 0 Å². The molecule has 0 saturated carbocycles. The van der Waals surface area contributed by atoms with E-state index in [1.54, 1.807) is 0 Å². The zero-order chi connectivity index (χ0) is 29.4. The smallest absolute Gasteiger partial charge is 0.00973 e. The Labute approximate surface area is 262 Å². The number of halogens is 1. The maximum absolute atomic E-state index is 6.73. The molecule has 0 spiro atoms. The summed E-state index contributed by atoms with van der Waals surface area (Å²) in [7, 11) is -0.208. The standard InChI is InChI=1S/C38H78ClP/c1-5-9-13-14-15-16-17-18-19-20-21-24-27-30-36-40(39)37-31-28-25-22-23-26-29-35-38(32-10-6-2,33-11-7-3)34-12-8-4/h5-37H2,1-4H3. The van der Waals surface area contributed by atoms with Crippen molar-refractivity contribution in [2.24, 2.45) is 5.41 Å². The number of unbranched alkanes of at least 4 members (excludes halogenated alkanes) is 22. The molecule has 0 heterocycles. The van der Waals surface area contributed by atoms with Crippen LogP contribution in [0.2, 0.25) is 0 Å². The summed E-state index contributed by atoms with van der Waals surface area (Å²) in [5.41, 5.74) is 0.673. The van der Waals surface area contributed by atoms with Crippen molar-refractivity contribution in [3.05, 3.63) is 0 Å². The zero-order valence-electron chi connectivity index (χ0n) is 28.7. The van der Waals surface area contributed by atoms with Crippen molar-refractivity contribution in [3.8, 4) is 0 Å². The van der Waals surface area contributed by atoms with Crippen molar-refractivity contribution in [3.63, 3.8) is 0 Å². The zero-order valence-corrected chi connectivity index (χ0v) is 30.3. The van der Waals surface area contributed by atoms with Gasteiger partial charge in [-0.3, -0.25) is 0 Å². The molecule has 0 N–H and O–H groups in total. The van der Waals surface area contributed by atoms with Gasteiger partial charge in [0.1, 0.15) is 0 Å². The first-order valence-electron chi connectivity index (χ1n) is 19.0. The highest BCUT2D eigenvalue weighted by molar-refractivity contribution is 7.83. The van der Waals surface area contributed by atoms with Crippen LogP contribution in [0.4, 0.5) is 0 Å². The van der Waals surface area contributed by atoms with Crippen molar-refractivity contribution < 1.29 is 0 Å². The first-order chi connectivity index (χ1) is 19.6. The van der Waals surface area contributed by atoms with Crippen LogP contribution in [0.25, 0.3) is 0 Å². The second-order valence-corrected chi connectivity index (χ2v) is 16.8. The van der Waals surface area contributed by atoms with Gasteiger partial charge in [-0.05, 0) is 63.5 Å². The normalized spacial score (nSPS) is 12.8. The summed E-state index contributed by atoms with van der Waals surface area (Å²) >= 11 is 6.73. The molecule has 0 aliphatic heterocycles. The summed E-state index contributed by atoms with van der Waals surface area (Å²) in [6.07, 6.45) is 47.3. The van der Waals surface area contributed by atoms with Gasteiger partial charge in [-0.25, -0.2) is 0 Å². The van der Waals surface area contributed by atoms with E-state index in [-0.39, 0.29) is 7.27 Å². The Morgan fingerprint density at radius 3 is 0.900 bits per heavy atom. The Bertz CT molecular complexity index is 443. The molecule has 0 saturated heterocycles. The van der Waals surface area contributed by atoms with Crippen LogP contribution in [0.3, 0.4) is 0 Å². The van der Waals surface area contributed by atoms with Gasteiger partial charge in [-0.15, -0.1) is 0 Å². The molecule has 0 amide bonds. The van der Waals surface area contributed by atoms with Gasteiger partial charge in [-0.2, -0.15) is 0 Å². The number of hydrogen-bond acceptors (Lipinski definition) is 0. The molecule has 0 nitrogen and oxygen atoms in total. The second-order valence-electron chi connectivity index (χ2n) is 13.5. The van der Waals surface area contributed by atoms with E-state index < -0.39 is 0 Å². The van der Waals surface area contributed by atoms with Crippen LogP contribution in [0.1, 0.15) is 227 Å². The third-order valence-electron chi connectivity index (χ3n) is 9.54. The first-order valence-corrected chi connectivity index (χ1v) is 21.7. The van der Waals surface area contributed by atoms with Crippen LogP contribution in [-0.4, -0.2) is 12.3 Å². The summed E-state index contributed by atoms with van der Waals surface area (Å²) in [6.45, 7) is 9.43. The predicted octanol–water partition coefficient (Wildman–Crippen LogP) is 15.8. The van der Waals surface area contributed by atoms with Crippen molar-refractivity contribution in [2.45, 2.75) is 227 Å². The van der Waals surface area contributed by atoms with Crippen LogP contribution in [-0.2, 0) is 0 Å². The predicted molar refractivity (Wildman–Crippen MR) is 191 cm³/mol. The van der Waals surface area contributed by atoms with Gasteiger partial charge >= 0.3 is 0 Å². The highest BCUT2D eigenvalue weighted by Crippen LogP contribution is 2.43. The Kier molecular flexibility index (Phi) is 33.2. The molecule has 0 bridgehead atoms. The van der Waals surface area contributed by atoms with E-state index in [1.807, 2.05) is 0 Å². The Hall–Kier alpha value is 0.720. The summed E-state index contributed by atoms with van der Waals surface area (Å²) in [4.78, 5) is 0. The van der Waals surface area contributed by atoms with Gasteiger partial charge in [0.2, 0.25) is 0 Å². The Morgan fingerprint density at radius 1 is 0.325 bits per heavy atom. The maximum Gasteiger partial charge on any atom is -0.00973 e. The minimum Gasteiger partial charge on any atom is -0.0964 e. The molecule has 242 valence electrons. The largest absolute Gasteiger partial charge is 0.0964 e. The van der Waals surface area contributed by atoms with Crippen molar-refractivity contribution in [1.29, 1.82) is 0 Å². The number of hydrogen-bond donors (Lipinski definition) is 0. The van der Waals surface area contributed by atoms with E-state index in [0.717, 1.165) is 0 Å². The van der Waals surface area contributed by atoms with E-state index in [2.05, 4.69) is 27.7 Å². The lowest BCUT2D eigenvalue weighted by molar-refractivity contribution is 0.175. The molecule has 40 heavy (non-hydrogen) atoms. The fourth-order valence-corrected chi connectivity index (χ4v) is 8.74. The highest BCUT2D eigenvalue weighted by Gasteiger charge is 2.27. The Morgan fingerprint density at radius 2 is 0.575 bits per heavy atom. The van der Waals surface area contributed by atoms with E-state index in [4.69, 9.17) is 11.2 Å². The topological polar surface area (TPSA) is 0 Å². The number of rotatable bonds is 34. The lowest BCUT2D eigenvalue weighted by Gasteiger charge is -2.35. The molecule has 0 aliphatic rings. The van der Waals surface area contributed by atoms with Gasteiger partial charge in [0.25, 0.3) is 0 Å². The summed E-state index contributed by atoms with van der Waals surface area (Å²) in [6, 6.07) is 0. The van der Waals surface area contributed by atoms with Crippen molar-refractivity contribution >= 4 is 18.5 Å². The van der Waals surface area contributed by atoms with E-state index in [1.165, 1.54) is 211 Å². The molecule has 1 atom stereocenters. The van der Waals surface area contributed by atoms with Crippen LogP contribution < -0.4 is 0 Å². The molecule has 0 aliphatic carbocycles. The minimum atomic E-state index is -0.208. The van der Waals surface area contributed by atoms with Crippen molar-refractivity contribution in [2.75, 3.05) is 12.3 Å². The monoisotopic (exact) mass is 601 g/mol. The second kappa shape index (κ2) is 32.6. The molecular weight excluding hydrogens is 523 g/mol. The minimum absolute atomic E-state index is 0.208.